The second-order valence-corrected chi connectivity index (χ2v) is 5.34. The van der Waals surface area contributed by atoms with Gasteiger partial charge >= 0.3 is 6.18 Å². The number of nitrogens with zero attached hydrogens (tertiary/aromatic N) is 1. The van der Waals surface area contributed by atoms with Gasteiger partial charge in [0.05, 0.1) is 11.3 Å². The molecule has 1 atom stereocenters. The Morgan fingerprint density at radius 2 is 1.92 bits per heavy atom. The minimum atomic E-state index is -4.74. The minimum Gasteiger partial charge on any atom is -0.322 e. The fraction of sp³-hybridized carbons (Fsp3) is 0.200. The molecule has 1 aromatic carbocycles. The van der Waals surface area contributed by atoms with Gasteiger partial charge in [-0.05, 0) is 25.1 Å². The molecule has 0 aliphatic heterocycles. The van der Waals surface area contributed by atoms with Gasteiger partial charge in [0, 0.05) is 6.20 Å². The van der Waals surface area contributed by atoms with Crippen molar-refractivity contribution in [3.05, 3.63) is 63.3 Å². The van der Waals surface area contributed by atoms with E-state index in [-0.39, 0.29) is 5.69 Å². The van der Waals surface area contributed by atoms with Crippen LogP contribution < -0.4 is 10.9 Å². The van der Waals surface area contributed by atoms with Gasteiger partial charge in [-0.1, -0.05) is 23.7 Å². The van der Waals surface area contributed by atoms with E-state index >= 15 is 0 Å². The second-order valence-electron chi connectivity index (χ2n) is 4.93. The molecule has 9 heteroatoms. The molecule has 1 heterocycles. The minimum absolute atomic E-state index is 0.152. The molecule has 24 heavy (non-hydrogen) atoms. The van der Waals surface area contributed by atoms with Crippen LogP contribution in [0.3, 0.4) is 0 Å². The highest BCUT2D eigenvalue weighted by Gasteiger charge is 2.33. The summed E-state index contributed by atoms with van der Waals surface area (Å²) in [6, 6.07) is 4.41. The largest absolute Gasteiger partial charge is 0.417 e. The van der Waals surface area contributed by atoms with Gasteiger partial charge in [0.2, 0.25) is 5.91 Å². The third kappa shape index (κ3) is 3.76. The van der Waals surface area contributed by atoms with E-state index in [2.05, 4.69) is 5.32 Å². The number of carbonyl (C=O) groups is 1. The van der Waals surface area contributed by atoms with Crippen molar-refractivity contribution in [1.82, 2.24) is 4.57 Å². The van der Waals surface area contributed by atoms with Crippen LogP contribution in [0.5, 0.6) is 0 Å². The van der Waals surface area contributed by atoms with E-state index < -0.39 is 40.1 Å². The lowest BCUT2D eigenvalue weighted by atomic mass is 10.2. The fourth-order valence-electron chi connectivity index (χ4n) is 1.94. The number of rotatable bonds is 3. The highest BCUT2D eigenvalue weighted by molar-refractivity contribution is 6.30. The lowest BCUT2D eigenvalue weighted by Gasteiger charge is -2.18. The predicted molar refractivity (Wildman–Crippen MR) is 80.5 cm³/mol. The molecule has 1 amide bonds. The number of pyridine rings is 1. The van der Waals surface area contributed by atoms with Crippen LogP contribution in [-0.4, -0.2) is 10.5 Å². The number of benzene rings is 1. The molecule has 0 bridgehead atoms. The topological polar surface area (TPSA) is 51.1 Å². The van der Waals surface area contributed by atoms with Crippen molar-refractivity contribution in [2.24, 2.45) is 0 Å². The number of halogens is 5. The first kappa shape index (κ1) is 18.0. The van der Waals surface area contributed by atoms with Crippen molar-refractivity contribution in [1.29, 1.82) is 0 Å². The van der Waals surface area contributed by atoms with E-state index in [0.29, 0.717) is 16.8 Å². The number of hydrogen-bond acceptors (Lipinski definition) is 2. The molecule has 2 rings (SSSR count). The standard InChI is InChI=1S/C15H11ClF4N2O2/c1-8(13(23)21-12-5-3-2-4-11(12)17)22-7-9(15(18,19)20)6-10(16)14(22)24/h2-8H,1H3,(H,21,23)/t8-/m1/s1. The molecule has 0 unspecified atom stereocenters. The Hall–Kier alpha value is -2.35. The van der Waals surface area contributed by atoms with Gasteiger partial charge < -0.3 is 9.88 Å². The Bertz CT molecular complexity index is 833. The second kappa shape index (κ2) is 6.64. The molecule has 1 N–H and O–H groups in total. The molecule has 1 aromatic heterocycles. The fourth-order valence-corrected chi connectivity index (χ4v) is 2.15. The van der Waals surface area contributed by atoms with Gasteiger partial charge in [0.25, 0.3) is 5.56 Å². The highest BCUT2D eigenvalue weighted by atomic mass is 35.5. The van der Waals surface area contributed by atoms with Gasteiger partial charge in [-0.2, -0.15) is 13.2 Å². The van der Waals surface area contributed by atoms with E-state index in [1.807, 2.05) is 0 Å². The highest BCUT2D eigenvalue weighted by Crippen LogP contribution is 2.30. The molecule has 4 nitrogen and oxygen atoms in total. The summed E-state index contributed by atoms with van der Waals surface area (Å²) in [6.07, 6.45) is -4.24. The summed E-state index contributed by atoms with van der Waals surface area (Å²) in [5.74, 6) is -1.58. The lowest BCUT2D eigenvalue weighted by molar-refractivity contribution is -0.138. The van der Waals surface area contributed by atoms with Crippen LogP contribution in [0.25, 0.3) is 0 Å². The summed E-state index contributed by atoms with van der Waals surface area (Å²) in [5, 5.41) is 1.54. The Morgan fingerprint density at radius 3 is 2.50 bits per heavy atom. The van der Waals surface area contributed by atoms with Gasteiger partial charge in [0.1, 0.15) is 16.9 Å². The molecular weight excluding hydrogens is 352 g/mol. The van der Waals surface area contributed by atoms with Crippen molar-refractivity contribution < 1.29 is 22.4 Å². The Kier molecular flexibility index (Phi) is 4.98. The Balaban J connectivity index is 2.37. The lowest BCUT2D eigenvalue weighted by Crippen LogP contribution is -2.32. The van der Waals surface area contributed by atoms with Gasteiger partial charge in [-0.15, -0.1) is 0 Å². The van der Waals surface area contributed by atoms with Gasteiger partial charge in [-0.25, -0.2) is 4.39 Å². The summed E-state index contributed by atoms with van der Waals surface area (Å²) in [6.45, 7) is 1.20. The number of nitrogens with one attached hydrogen (secondary N) is 1. The Labute approximate surface area is 138 Å². The number of anilines is 1. The maximum atomic E-state index is 13.5. The molecular formula is C15H11ClF4N2O2. The molecule has 0 saturated carbocycles. The average molecular weight is 363 g/mol. The first-order chi connectivity index (χ1) is 11.1. The monoisotopic (exact) mass is 362 g/mol. The number of aromatic nitrogens is 1. The number of alkyl halides is 3. The third-order valence-corrected chi connectivity index (χ3v) is 3.53. The van der Waals surface area contributed by atoms with Crippen molar-refractivity contribution in [3.63, 3.8) is 0 Å². The van der Waals surface area contributed by atoms with Crippen LogP contribution in [0.1, 0.15) is 18.5 Å². The summed E-state index contributed by atoms with van der Waals surface area (Å²) in [7, 11) is 0. The summed E-state index contributed by atoms with van der Waals surface area (Å²) < 4.78 is 52.5. The van der Waals surface area contributed by atoms with Crippen LogP contribution in [0.2, 0.25) is 5.02 Å². The Morgan fingerprint density at radius 1 is 1.29 bits per heavy atom. The molecule has 0 spiro atoms. The van der Waals surface area contributed by atoms with Crippen molar-refractivity contribution in [3.8, 4) is 0 Å². The van der Waals surface area contributed by atoms with Crippen LogP contribution in [0, 0.1) is 5.82 Å². The van der Waals surface area contributed by atoms with Crippen LogP contribution in [-0.2, 0) is 11.0 Å². The van der Waals surface area contributed by atoms with Gasteiger partial charge in [0.15, 0.2) is 0 Å². The zero-order chi connectivity index (χ0) is 18.1. The van der Waals surface area contributed by atoms with E-state index in [1.165, 1.54) is 25.1 Å². The van der Waals surface area contributed by atoms with E-state index in [0.717, 1.165) is 6.07 Å². The van der Waals surface area contributed by atoms with Crippen molar-refractivity contribution >= 4 is 23.2 Å². The quantitative estimate of drug-likeness (QED) is 0.843. The predicted octanol–water partition coefficient (Wildman–Crippen LogP) is 3.86. The average Bonchev–Trinajstić information content (AvgIpc) is 2.50. The maximum absolute atomic E-state index is 13.5. The number of para-hydroxylation sites is 1. The first-order valence-electron chi connectivity index (χ1n) is 6.65. The van der Waals surface area contributed by atoms with Crippen LogP contribution in [0.4, 0.5) is 23.2 Å². The zero-order valence-electron chi connectivity index (χ0n) is 12.2. The molecule has 2 aromatic rings. The summed E-state index contributed by atoms with van der Waals surface area (Å²) >= 11 is 5.53. The SMILES string of the molecule is C[C@H](C(=O)Nc1ccccc1F)n1cc(C(F)(F)F)cc(Cl)c1=O. The molecule has 0 saturated heterocycles. The maximum Gasteiger partial charge on any atom is 0.417 e. The normalized spacial score (nSPS) is 12.8. The number of amides is 1. The van der Waals surface area contributed by atoms with Crippen LogP contribution in [0.15, 0.2) is 41.3 Å². The first-order valence-corrected chi connectivity index (χ1v) is 7.03. The molecule has 0 radical (unpaired) electrons. The van der Waals surface area contributed by atoms with E-state index in [4.69, 9.17) is 11.6 Å². The summed E-state index contributed by atoms with van der Waals surface area (Å²) in [5.41, 5.74) is -2.28. The molecule has 0 aliphatic rings. The third-order valence-electron chi connectivity index (χ3n) is 3.25. The van der Waals surface area contributed by atoms with Crippen LogP contribution >= 0.6 is 11.6 Å². The zero-order valence-corrected chi connectivity index (χ0v) is 13.0. The van der Waals surface area contributed by atoms with E-state index in [1.54, 1.807) is 0 Å². The molecule has 128 valence electrons. The van der Waals surface area contributed by atoms with Crippen molar-refractivity contribution in [2.75, 3.05) is 5.32 Å². The smallest absolute Gasteiger partial charge is 0.322 e. The van der Waals surface area contributed by atoms with Gasteiger partial charge in [-0.3, -0.25) is 9.59 Å². The number of carbonyl (C=O) groups excluding carboxylic acids is 1. The van der Waals surface area contributed by atoms with Crippen molar-refractivity contribution in [2.45, 2.75) is 19.1 Å². The molecule has 0 fully saturated rings. The number of hydrogen-bond donors (Lipinski definition) is 1. The summed E-state index contributed by atoms with van der Waals surface area (Å²) in [4.78, 5) is 24.1. The van der Waals surface area contributed by atoms with E-state index in [9.17, 15) is 27.2 Å². The molecule has 0 aliphatic carbocycles.